The van der Waals surface area contributed by atoms with Gasteiger partial charge in [-0.3, -0.25) is 9.69 Å². The number of anilines is 2. The van der Waals surface area contributed by atoms with Crippen molar-refractivity contribution < 1.29 is 14.3 Å². The molecule has 0 saturated carbocycles. The Morgan fingerprint density at radius 2 is 1.72 bits per heavy atom. The third-order valence-electron chi connectivity index (χ3n) is 4.66. The Labute approximate surface area is 175 Å². The molecule has 0 bridgehead atoms. The number of carbonyl (C=O) groups is 2. The maximum absolute atomic E-state index is 12.4. The largest absolute Gasteiger partial charge is 0.456 e. The molecule has 6 heteroatoms. The average Bonchev–Trinajstić information content (AvgIpc) is 3.17. The van der Waals surface area contributed by atoms with E-state index < -0.39 is 0 Å². The van der Waals surface area contributed by atoms with Gasteiger partial charge in [-0.15, -0.1) is 11.3 Å². The van der Waals surface area contributed by atoms with Crippen LogP contribution in [0.15, 0.2) is 47.8 Å². The Kier molecular flexibility index (Phi) is 6.44. The van der Waals surface area contributed by atoms with Crippen LogP contribution in [-0.4, -0.2) is 16.9 Å². The zero-order valence-electron chi connectivity index (χ0n) is 17.1. The predicted octanol–water partition coefficient (Wildman–Crippen LogP) is 5.36. The van der Waals surface area contributed by atoms with Gasteiger partial charge in [-0.05, 0) is 49.1 Å². The van der Waals surface area contributed by atoms with Crippen molar-refractivity contribution >= 4 is 34.0 Å². The van der Waals surface area contributed by atoms with E-state index in [0.717, 1.165) is 23.2 Å². The molecule has 1 amide bonds. The summed E-state index contributed by atoms with van der Waals surface area (Å²) in [6.07, 6.45) is 0.921. The first-order valence-electron chi connectivity index (χ1n) is 9.48. The molecule has 150 valence electrons. The third kappa shape index (κ3) is 4.71. The number of thiazole rings is 1. The molecule has 2 aromatic carbocycles. The fraction of sp³-hybridized carbons (Fsp3) is 0.261. The Hall–Kier alpha value is -2.99. The number of esters is 1. The molecule has 5 nitrogen and oxygen atoms in total. The van der Waals surface area contributed by atoms with Gasteiger partial charge in [-0.2, -0.15) is 0 Å². The lowest BCUT2D eigenvalue weighted by Gasteiger charge is -2.22. The van der Waals surface area contributed by atoms with Crippen LogP contribution in [0.3, 0.4) is 0 Å². The number of benzene rings is 2. The molecule has 0 aliphatic carbocycles. The number of para-hydroxylation sites is 1. The van der Waals surface area contributed by atoms with Crippen LogP contribution in [0.4, 0.5) is 10.8 Å². The molecule has 0 fully saturated rings. The van der Waals surface area contributed by atoms with Crippen LogP contribution < -0.4 is 4.90 Å². The number of aryl methyl sites for hydroxylation is 3. The SMILES string of the molecule is CCc1ccc(C(=O)OCc2csc(N(C(C)=O)c3c(C)cccc3C)n2)cc1. The Morgan fingerprint density at radius 3 is 2.31 bits per heavy atom. The Balaban J connectivity index is 1.75. The summed E-state index contributed by atoms with van der Waals surface area (Å²) in [5, 5.41) is 2.38. The quantitative estimate of drug-likeness (QED) is 0.515. The molecule has 0 radical (unpaired) electrons. The second-order valence-electron chi connectivity index (χ2n) is 6.84. The van der Waals surface area contributed by atoms with Gasteiger partial charge in [0.15, 0.2) is 5.13 Å². The molecule has 1 heterocycles. The van der Waals surface area contributed by atoms with Crippen molar-refractivity contribution in [3.05, 3.63) is 75.8 Å². The molecule has 0 spiro atoms. The number of amides is 1. The first-order chi connectivity index (χ1) is 13.9. The zero-order valence-corrected chi connectivity index (χ0v) is 17.9. The summed E-state index contributed by atoms with van der Waals surface area (Å²) in [4.78, 5) is 30.8. The fourth-order valence-corrected chi connectivity index (χ4v) is 3.97. The third-order valence-corrected chi connectivity index (χ3v) is 5.53. The number of hydrogen-bond donors (Lipinski definition) is 0. The van der Waals surface area contributed by atoms with Crippen LogP contribution in [0, 0.1) is 13.8 Å². The number of aromatic nitrogens is 1. The molecule has 0 aliphatic heterocycles. The summed E-state index contributed by atoms with van der Waals surface area (Å²) in [5.74, 6) is -0.503. The summed E-state index contributed by atoms with van der Waals surface area (Å²) in [6, 6.07) is 13.3. The van der Waals surface area contributed by atoms with E-state index in [1.54, 1.807) is 17.0 Å². The smallest absolute Gasteiger partial charge is 0.338 e. The number of hydrogen-bond acceptors (Lipinski definition) is 5. The van der Waals surface area contributed by atoms with Crippen molar-refractivity contribution in [2.45, 2.75) is 40.7 Å². The van der Waals surface area contributed by atoms with Crippen molar-refractivity contribution in [3.63, 3.8) is 0 Å². The van der Waals surface area contributed by atoms with Crippen molar-refractivity contribution in [1.29, 1.82) is 0 Å². The van der Waals surface area contributed by atoms with Gasteiger partial charge in [0, 0.05) is 12.3 Å². The lowest BCUT2D eigenvalue weighted by molar-refractivity contribution is -0.115. The Morgan fingerprint density at radius 1 is 1.07 bits per heavy atom. The zero-order chi connectivity index (χ0) is 21.0. The van der Waals surface area contributed by atoms with Crippen LogP contribution in [0.25, 0.3) is 0 Å². The van der Waals surface area contributed by atoms with Crippen molar-refractivity contribution in [1.82, 2.24) is 4.98 Å². The van der Waals surface area contributed by atoms with Crippen LogP contribution in [0.1, 0.15) is 46.6 Å². The van der Waals surface area contributed by atoms with Crippen LogP contribution in [-0.2, 0) is 22.6 Å². The molecular weight excluding hydrogens is 384 g/mol. The molecule has 0 atom stereocenters. The predicted molar refractivity (Wildman–Crippen MR) is 116 cm³/mol. The van der Waals surface area contributed by atoms with Gasteiger partial charge in [0.1, 0.15) is 6.61 Å². The summed E-state index contributed by atoms with van der Waals surface area (Å²) >= 11 is 1.35. The van der Waals surface area contributed by atoms with Crippen molar-refractivity contribution in [3.8, 4) is 0 Å². The van der Waals surface area contributed by atoms with E-state index in [0.29, 0.717) is 16.4 Å². The average molecular weight is 409 g/mol. The van der Waals surface area contributed by atoms with E-state index in [1.165, 1.54) is 23.8 Å². The van der Waals surface area contributed by atoms with E-state index in [2.05, 4.69) is 11.9 Å². The van der Waals surface area contributed by atoms with Crippen LogP contribution >= 0.6 is 11.3 Å². The van der Waals surface area contributed by atoms with Crippen molar-refractivity contribution in [2.75, 3.05) is 4.90 Å². The monoisotopic (exact) mass is 408 g/mol. The molecule has 0 unspecified atom stereocenters. The summed E-state index contributed by atoms with van der Waals surface area (Å²) in [6.45, 7) is 7.59. The van der Waals surface area contributed by atoms with E-state index in [1.807, 2.05) is 49.6 Å². The van der Waals surface area contributed by atoms with E-state index >= 15 is 0 Å². The fourth-order valence-electron chi connectivity index (χ4n) is 3.11. The maximum Gasteiger partial charge on any atom is 0.338 e. The van der Waals surface area contributed by atoms with Gasteiger partial charge in [0.25, 0.3) is 0 Å². The van der Waals surface area contributed by atoms with E-state index in [4.69, 9.17) is 4.74 Å². The summed E-state index contributed by atoms with van der Waals surface area (Å²) in [7, 11) is 0. The van der Waals surface area contributed by atoms with E-state index in [9.17, 15) is 9.59 Å². The highest BCUT2D eigenvalue weighted by Crippen LogP contribution is 2.33. The maximum atomic E-state index is 12.4. The van der Waals surface area contributed by atoms with Crippen molar-refractivity contribution in [2.24, 2.45) is 0 Å². The lowest BCUT2D eigenvalue weighted by Crippen LogP contribution is -2.24. The molecule has 1 aromatic heterocycles. The molecule has 3 rings (SSSR count). The van der Waals surface area contributed by atoms with E-state index in [-0.39, 0.29) is 18.5 Å². The first kappa shape index (κ1) is 20.7. The molecule has 3 aromatic rings. The molecule has 0 saturated heterocycles. The number of carbonyl (C=O) groups excluding carboxylic acids is 2. The van der Waals surface area contributed by atoms with Gasteiger partial charge in [-0.1, -0.05) is 37.3 Å². The molecular formula is C23H24N2O3S. The topological polar surface area (TPSA) is 59.5 Å². The molecule has 0 aliphatic rings. The summed E-state index contributed by atoms with van der Waals surface area (Å²) in [5.41, 5.74) is 5.13. The van der Waals surface area contributed by atoms with Crippen LogP contribution in [0.5, 0.6) is 0 Å². The minimum Gasteiger partial charge on any atom is -0.456 e. The van der Waals surface area contributed by atoms with Gasteiger partial charge in [0.05, 0.1) is 16.9 Å². The van der Waals surface area contributed by atoms with Gasteiger partial charge in [0.2, 0.25) is 5.91 Å². The minimum atomic E-state index is -0.389. The second kappa shape index (κ2) is 9.01. The standard InChI is InChI=1S/C23H24N2O3S/c1-5-18-9-11-19(12-10-18)22(27)28-13-20-14-29-23(24-20)25(17(4)26)21-15(2)7-6-8-16(21)3/h6-12,14H,5,13H2,1-4H3. The van der Waals surface area contributed by atoms with Gasteiger partial charge >= 0.3 is 5.97 Å². The highest BCUT2D eigenvalue weighted by molar-refractivity contribution is 7.14. The second-order valence-corrected chi connectivity index (χ2v) is 7.68. The highest BCUT2D eigenvalue weighted by atomic mass is 32.1. The van der Waals surface area contributed by atoms with Gasteiger partial charge < -0.3 is 4.74 Å². The Bertz CT molecular complexity index is 1000. The number of rotatable bonds is 6. The highest BCUT2D eigenvalue weighted by Gasteiger charge is 2.21. The molecule has 29 heavy (non-hydrogen) atoms. The normalized spacial score (nSPS) is 10.6. The molecule has 0 N–H and O–H groups in total. The number of nitrogens with zero attached hydrogens (tertiary/aromatic N) is 2. The summed E-state index contributed by atoms with van der Waals surface area (Å²) < 4.78 is 5.40. The van der Waals surface area contributed by atoms with Crippen LogP contribution in [0.2, 0.25) is 0 Å². The minimum absolute atomic E-state index is 0.0589. The van der Waals surface area contributed by atoms with Gasteiger partial charge in [-0.25, -0.2) is 9.78 Å². The number of ether oxygens (including phenoxy) is 1. The first-order valence-corrected chi connectivity index (χ1v) is 10.4. The lowest BCUT2D eigenvalue weighted by atomic mass is 10.1.